The Kier molecular flexibility index (Phi) is 4.96. The van der Waals surface area contributed by atoms with Gasteiger partial charge in [0.1, 0.15) is 17.2 Å². The van der Waals surface area contributed by atoms with Crippen LogP contribution >= 0.6 is 0 Å². The maximum atomic E-state index is 13.9. The number of hydrogen-bond acceptors (Lipinski definition) is 3. The van der Waals surface area contributed by atoms with Gasteiger partial charge in [-0.3, -0.25) is 4.90 Å². The molecule has 0 radical (unpaired) electrons. The molecule has 0 unspecified atom stereocenters. The van der Waals surface area contributed by atoms with Crippen molar-refractivity contribution in [2.24, 2.45) is 5.92 Å². The molecule has 1 N–H and O–H groups in total. The Morgan fingerprint density at radius 2 is 1.64 bits per heavy atom. The fourth-order valence-corrected chi connectivity index (χ4v) is 4.38. The Morgan fingerprint density at radius 3 is 2.07 bits per heavy atom. The molecule has 0 spiro atoms. The number of methoxy groups -OCH3 is 1. The monoisotopic (exact) mass is 383 g/mol. The summed E-state index contributed by atoms with van der Waals surface area (Å²) in [4.78, 5) is 2.31. The number of aliphatic hydroxyl groups is 1. The second kappa shape index (κ2) is 7.29. The van der Waals surface area contributed by atoms with Gasteiger partial charge in [0.25, 0.3) is 0 Å². The van der Waals surface area contributed by atoms with Crippen LogP contribution < -0.4 is 0 Å². The van der Waals surface area contributed by atoms with E-state index in [1.54, 1.807) is 19.2 Å². The van der Waals surface area contributed by atoms with Crippen molar-refractivity contribution in [3.05, 3.63) is 71.3 Å². The van der Waals surface area contributed by atoms with Gasteiger partial charge in [0.2, 0.25) is 0 Å². The second-order valence-electron chi connectivity index (χ2n) is 7.63. The van der Waals surface area contributed by atoms with E-state index < -0.39 is 22.8 Å². The van der Waals surface area contributed by atoms with Crippen LogP contribution in [0.1, 0.15) is 24.0 Å². The molecule has 1 atom stereocenters. The normalized spacial score (nSPS) is 26.6. The van der Waals surface area contributed by atoms with E-state index in [4.69, 9.17) is 4.74 Å². The van der Waals surface area contributed by atoms with E-state index >= 15 is 0 Å². The molecule has 0 amide bonds. The van der Waals surface area contributed by atoms with E-state index in [-0.39, 0.29) is 17.0 Å². The molecule has 2 aromatic carbocycles. The quantitative estimate of drug-likeness (QED) is 0.826. The average Bonchev–Trinajstić information content (AvgIpc) is 2.73. The molecule has 2 aromatic rings. The second-order valence-corrected chi connectivity index (χ2v) is 7.63. The lowest BCUT2D eigenvalue weighted by atomic mass is 9.75. The van der Waals surface area contributed by atoms with Gasteiger partial charge in [-0.2, -0.15) is 0 Å². The van der Waals surface area contributed by atoms with E-state index in [2.05, 4.69) is 16.7 Å². The number of piperidine rings is 3. The first-order chi connectivity index (χ1) is 13.4. The summed E-state index contributed by atoms with van der Waals surface area (Å²) in [6.45, 7) is 2.72. The Hall–Kier alpha value is -2.26. The lowest BCUT2D eigenvalue weighted by molar-refractivity contribution is -0.0964. The molecule has 3 nitrogen and oxygen atoms in total. The van der Waals surface area contributed by atoms with Crippen molar-refractivity contribution in [2.45, 2.75) is 24.0 Å². The third kappa shape index (κ3) is 3.33. The maximum Gasteiger partial charge on any atom is 0.177 e. The molecule has 3 saturated heterocycles. The first-order valence-corrected chi connectivity index (χ1v) is 9.51. The molecule has 3 aliphatic heterocycles. The van der Waals surface area contributed by atoms with Crippen LogP contribution in [0.25, 0.3) is 0 Å². The highest BCUT2D eigenvalue weighted by Gasteiger charge is 2.46. The summed E-state index contributed by atoms with van der Waals surface area (Å²) in [7, 11) is 1.64. The van der Waals surface area contributed by atoms with E-state index in [9.17, 15) is 13.9 Å². The summed E-state index contributed by atoms with van der Waals surface area (Å²) < 4.78 is 33.6. The van der Waals surface area contributed by atoms with Crippen LogP contribution in [-0.4, -0.2) is 42.4 Å². The van der Waals surface area contributed by atoms with Crippen molar-refractivity contribution in [1.82, 2.24) is 4.90 Å². The van der Waals surface area contributed by atoms with Crippen LogP contribution in [0.4, 0.5) is 8.78 Å². The van der Waals surface area contributed by atoms with Gasteiger partial charge in [0.05, 0.1) is 0 Å². The minimum Gasteiger partial charge on any atom is -0.369 e. The van der Waals surface area contributed by atoms with Gasteiger partial charge >= 0.3 is 0 Å². The van der Waals surface area contributed by atoms with Crippen molar-refractivity contribution in [3.63, 3.8) is 0 Å². The Morgan fingerprint density at radius 1 is 1.07 bits per heavy atom. The summed E-state index contributed by atoms with van der Waals surface area (Å²) in [6, 6.07) is 11.3. The zero-order valence-corrected chi connectivity index (χ0v) is 15.8. The first-order valence-electron chi connectivity index (χ1n) is 9.51. The number of benzene rings is 2. The molecule has 2 bridgehead atoms. The predicted molar refractivity (Wildman–Crippen MR) is 102 cm³/mol. The zero-order chi connectivity index (χ0) is 19.8. The number of hydrogen-bond donors (Lipinski definition) is 1. The number of fused-ring (bicyclic) bond motifs is 3. The standard InChI is InChI=1S/C23H23F2NO2/c1-28-22(16-26-12-8-17(22)9-13-26)10-11-23(27,18-4-2-6-20(24)14-18)19-5-3-7-21(25)15-19/h2-7,14-15,17,27H,8-9,12-13,16H2,1H3/t22-/m1/s1. The number of ether oxygens (including phenoxy) is 1. The van der Waals surface area contributed by atoms with Gasteiger partial charge in [0.15, 0.2) is 5.60 Å². The Balaban J connectivity index is 1.83. The van der Waals surface area contributed by atoms with E-state index in [1.807, 2.05) is 0 Å². The van der Waals surface area contributed by atoms with Crippen molar-refractivity contribution >= 4 is 0 Å². The Labute approximate surface area is 163 Å². The predicted octanol–water partition coefficient (Wildman–Crippen LogP) is 3.31. The lowest BCUT2D eigenvalue weighted by Crippen LogP contribution is -2.59. The molecule has 3 aliphatic rings. The molecule has 0 aliphatic carbocycles. The minimum absolute atomic E-state index is 0.262. The average molecular weight is 383 g/mol. The van der Waals surface area contributed by atoms with Crippen LogP contribution in [0.15, 0.2) is 48.5 Å². The molecular weight excluding hydrogens is 360 g/mol. The summed E-state index contributed by atoms with van der Waals surface area (Å²) in [6.07, 6.45) is 1.97. The number of nitrogens with zero attached hydrogens (tertiary/aromatic N) is 1. The van der Waals surface area contributed by atoms with Gasteiger partial charge in [0, 0.05) is 30.7 Å². The fourth-order valence-electron chi connectivity index (χ4n) is 4.38. The molecular formula is C23H23F2NO2. The third-order valence-electron chi connectivity index (χ3n) is 6.01. The molecule has 0 saturated carbocycles. The molecule has 5 heteroatoms. The van der Waals surface area contributed by atoms with Crippen molar-refractivity contribution in [1.29, 1.82) is 0 Å². The molecule has 146 valence electrons. The van der Waals surface area contributed by atoms with E-state index in [0.29, 0.717) is 6.54 Å². The smallest absolute Gasteiger partial charge is 0.177 e. The largest absolute Gasteiger partial charge is 0.369 e. The Bertz CT molecular complexity index is 882. The van der Waals surface area contributed by atoms with Crippen molar-refractivity contribution in [3.8, 4) is 11.8 Å². The topological polar surface area (TPSA) is 32.7 Å². The van der Waals surface area contributed by atoms with Gasteiger partial charge in [-0.05, 0) is 50.2 Å². The molecule has 3 heterocycles. The van der Waals surface area contributed by atoms with Crippen LogP contribution in [0, 0.1) is 29.4 Å². The SMILES string of the molecule is CO[C@]1(C#CC(O)(c2cccc(F)c2)c2cccc(F)c2)CN2CCC1CC2. The highest BCUT2D eigenvalue weighted by atomic mass is 19.1. The van der Waals surface area contributed by atoms with Crippen LogP contribution in [-0.2, 0) is 10.3 Å². The van der Waals surface area contributed by atoms with E-state index in [1.165, 1.54) is 36.4 Å². The number of rotatable bonds is 3. The van der Waals surface area contributed by atoms with E-state index in [0.717, 1.165) is 25.9 Å². The lowest BCUT2D eigenvalue weighted by Gasteiger charge is -2.49. The van der Waals surface area contributed by atoms with Gasteiger partial charge in [-0.15, -0.1) is 0 Å². The highest BCUT2D eigenvalue weighted by molar-refractivity contribution is 5.46. The van der Waals surface area contributed by atoms with Crippen LogP contribution in [0.3, 0.4) is 0 Å². The fraction of sp³-hybridized carbons (Fsp3) is 0.391. The third-order valence-corrected chi connectivity index (χ3v) is 6.01. The molecule has 3 fully saturated rings. The first kappa shape index (κ1) is 19.1. The zero-order valence-electron chi connectivity index (χ0n) is 15.8. The van der Waals surface area contributed by atoms with Gasteiger partial charge in [-0.25, -0.2) is 8.78 Å². The van der Waals surface area contributed by atoms with Gasteiger partial charge < -0.3 is 9.84 Å². The summed E-state index contributed by atoms with van der Waals surface area (Å²) >= 11 is 0. The van der Waals surface area contributed by atoms with Crippen molar-refractivity contribution in [2.75, 3.05) is 26.7 Å². The van der Waals surface area contributed by atoms with Crippen molar-refractivity contribution < 1.29 is 18.6 Å². The molecule has 28 heavy (non-hydrogen) atoms. The van der Waals surface area contributed by atoms with Crippen LogP contribution in [0.5, 0.6) is 0 Å². The molecule has 0 aromatic heterocycles. The van der Waals surface area contributed by atoms with Crippen LogP contribution in [0.2, 0.25) is 0 Å². The summed E-state index contributed by atoms with van der Waals surface area (Å²) in [5, 5.41) is 11.5. The maximum absolute atomic E-state index is 13.9. The summed E-state index contributed by atoms with van der Waals surface area (Å²) in [5.74, 6) is 5.44. The highest BCUT2D eigenvalue weighted by Crippen LogP contribution is 2.38. The summed E-state index contributed by atoms with van der Waals surface area (Å²) in [5.41, 5.74) is -2.01. The van der Waals surface area contributed by atoms with Gasteiger partial charge in [-0.1, -0.05) is 36.1 Å². The molecule has 5 rings (SSSR count). The number of halogens is 2. The minimum atomic E-state index is -1.85.